The number of benzene rings is 1. The van der Waals surface area contributed by atoms with Crippen LogP contribution in [0.4, 0.5) is 4.79 Å². The Morgan fingerprint density at radius 2 is 1.76 bits per heavy atom. The highest BCUT2D eigenvalue weighted by molar-refractivity contribution is 5.86. The summed E-state index contributed by atoms with van der Waals surface area (Å²) >= 11 is 0. The summed E-state index contributed by atoms with van der Waals surface area (Å²) in [6.07, 6.45) is 0.833. The van der Waals surface area contributed by atoms with Crippen LogP contribution in [-0.4, -0.2) is 40.8 Å². The number of carbonyl (C=O) groups is 3. The van der Waals surface area contributed by atoms with Gasteiger partial charge in [-0.2, -0.15) is 0 Å². The van der Waals surface area contributed by atoms with Gasteiger partial charge in [-0.3, -0.25) is 4.79 Å². The number of hydrogen-bond donors (Lipinski definition) is 4. The third kappa shape index (κ3) is 6.95. The normalized spacial score (nSPS) is 11.4. The fraction of sp³-hybridized carbons (Fsp3) is 0.357. The number of urea groups is 1. The van der Waals surface area contributed by atoms with Crippen molar-refractivity contribution in [2.24, 2.45) is 0 Å². The monoisotopic (exact) mass is 294 g/mol. The van der Waals surface area contributed by atoms with Gasteiger partial charge in [0.1, 0.15) is 6.04 Å². The number of hydrogen-bond acceptors (Lipinski definition) is 3. The number of carboxylic acids is 2. The van der Waals surface area contributed by atoms with Crippen LogP contribution in [0.15, 0.2) is 30.3 Å². The largest absolute Gasteiger partial charge is 0.481 e. The first-order valence-electron chi connectivity index (χ1n) is 6.52. The van der Waals surface area contributed by atoms with Crippen LogP contribution in [-0.2, 0) is 16.0 Å². The molecule has 0 aromatic heterocycles. The zero-order valence-corrected chi connectivity index (χ0v) is 11.4. The van der Waals surface area contributed by atoms with Crippen LogP contribution in [0, 0.1) is 0 Å². The molecule has 2 amide bonds. The zero-order chi connectivity index (χ0) is 15.7. The molecule has 4 N–H and O–H groups in total. The minimum atomic E-state index is -1.43. The molecule has 1 rings (SSSR count). The minimum Gasteiger partial charge on any atom is -0.481 e. The van der Waals surface area contributed by atoms with Crippen LogP contribution in [0.2, 0.25) is 0 Å². The first kappa shape index (κ1) is 16.5. The maximum Gasteiger partial charge on any atom is 0.326 e. The van der Waals surface area contributed by atoms with E-state index < -0.39 is 30.4 Å². The molecule has 0 saturated heterocycles. The summed E-state index contributed by atoms with van der Waals surface area (Å²) in [6.45, 7) is 0.375. The lowest BCUT2D eigenvalue weighted by atomic mass is 10.1. The van der Waals surface area contributed by atoms with Gasteiger partial charge >= 0.3 is 18.0 Å². The maximum atomic E-state index is 11.5. The van der Waals surface area contributed by atoms with Gasteiger partial charge in [-0.1, -0.05) is 30.3 Å². The molecule has 0 fully saturated rings. The average molecular weight is 294 g/mol. The summed E-state index contributed by atoms with van der Waals surface area (Å²) in [7, 11) is 0. The Morgan fingerprint density at radius 3 is 2.33 bits per heavy atom. The number of rotatable bonds is 8. The first-order valence-corrected chi connectivity index (χ1v) is 6.52. The van der Waals surface area contributed by atoms with Crippen molar-refractivity contribution in [1.29, 1.82) is 0 Å². The number of aryl methyl sites for hydroxylation is 1. The van der Waals surface area contributed by atoms with Crippen molar-refractivity contribution >= 4 is 18.0 Å². The third-order valence-electron chi connectivity index (χ3n) is 2.75. The fourth-order valence-corrected chi connectivity index (χ4v) is 1.72. The first-order chi connectivity index (χ1) is 9.99. The maximum absolute atomic E-state index is 11.5. The Kier molecular flexibility index (Phi) is 6.73. The lowest BCUT2D eigenvalue weighted by Gasteiger charge is -2.13. The van der Waals surface area contributed by atoms with Gasteiger partial charge in [-0.15, -0.1) is 0 Å². The van der Waals surface area contributed by atoms with Gasteiger partial charge in [0.25, 0.3) is 0 Å². The summed E-state index contributed by atoms with van der Waals surface area (Å²) in [5, 5.41) is 22.0. The predicted octanol–water partition coefficient (Wildman–Crippen LogP) is 0.846. The Hall–Kier alpha value is -2.57. The Morgan fingerprint density at radius 1 is 1.10 bits per heavy atom. The van der Waals surface area contributed by atoms with Gasteiger partial charge < -0.3 is 20.8 Å². The van der Waals surface area contributed by atoms with Crippen molar-refractivity contribution < 1.29 is 24.6 Å². The molecule has 0 aliphatic heterocycles. The molecular formula is C14H18N2O5. The molecule has 21 heavy (non-hydrogen) atoms. The number of aliphatic carboxylic acids is 2. The molecule has 0 aliphatic rings. The minimum absolute atomic E-state index is 0.375. The third-order valence-corrected chi connectivity index (χ3v) is 2.75. The van der Waals surface area contributed by atoms with E-state index in [-0.39, 0.29) is 0 Å². The average Bonchev–Trinajstić information content (AvgIpc) is 2.43. The molecule has 1 atom stereocenters. The van der Waals surface area contributed by atoms with Gasteiger partial charge in [0.2, 0.25) is 0 Å². The number of nitrogens with one attached hydrogen (secondary N) is 2. The summed E-state index contributed by atoms with van der Waals surface area (Å²) in [6, 6.07) is 7.62. The van der Waals surface area contributed by atoms with Gasteiger partial charge in [-0.25, -0.2) is 9.59 Å². The standard InChI is InChI=1S/C14H18N2O5/c17-12(18)9-11(13(19)20)16-14(21)15-8-4-7-10-5-2-1-3-6-10/h1-3,5-6,11H,4,7-9H2,(H,17,18)(H,19,20)(H2,15,16,21). The summed E-state index contributed by atoms with van der Waals surface area (Å²) in [4.78, 5) is 32.7. The van der Waals surface area contributed by atoms with Crippen molar-refractivity contribution in [2.45, 2.75) is 25.3 Å². The highest BCUT2D eigenvalue weighted by atomic mass is 16.4. The van der Waals surface area contributed by atoms with Gasteiger partial charge in [0, 0.05) is 6.54 Å². The second-order valence-electron chi connectivity index (χ2n) is 4.48. The Balaban J connectivity index is 2.26. The molecule has 1 aromatic rings. The number of amides is 2. The predicted molar refractivity (Wildman–Crippen MR) is 75.0 cm³/mol. The molecule has 7 nitrogen and oxygen atoms in total. The Bertz CT molecular complexity index is 489. The molecule has 114 valence electrons. The van der Waals surface area contributed by atoms with Crippen LogP contribution in [0.25, 0.3) is 0 Å². The number of carbonyl (C=O) groups excluding carboxylic acids is 1. The topological polar surface area (TPSA) is 116 Å². The van der Waals surface area contributed by atoms with Crippen molar-refractivity contribution in [2.75, 3.05) is 6.54 Å². The van der Waals surface area contributed by atoms with Gasteiger partial charge in [0.15, 0.2) is 0 Å². The molecule has 0 radical (unpaired) electrons. The van der Waals surface area contributed by atoms with Crippen LogP contribution >= 0.6 is 0 Å². The van der Waals surface area contributed by atoms with Crippen molar-refractivity contribution in [3.05, 3.63) is 35.9 Å². The zero-order valence-electron chi connectivity index (χ0n) is 11.4. The van der Waals surface area contributed by atoms with E-state index in [4.69, 9.17) is 10.2 Å². The number of carboxylic acid groups (broad SMARTS) is 2. The molecule has 0 saturated carbocycles. The van der Waals surface area contributed by atoms with Crippen LogP contribution in [0.3, 0.4) is 0 Å². The second-order valence-corrected chi connectivity index (χ2v) is 4.48. The second kappa shape index (κ2) is 8.57. The summed E-state index contributed by atoms with van der Waals surface area (Å²) in [5.74, 6) is -2.66. The molecule has 0 heterocycles. The fourth-order valence-electron chi connectivity index (χ4n) is 1.72. The van der Waals surface area contributed by atoms with Crippen molar-refractivity contribution in [3.63, 3.8) is 0 Å². The Labute approximate surface area is 122 Å². The van der Waals surface area contributed by atoms with E-state index in [1.807, 2.05) is 30.3 Å². The van der Waals surface area contributed by atoms with Gasteiger partial charge in [0.05, 0.1) is 6.42 Å². The molecule has 1 unspecified atom stereocenters. The molecular weight excluding hydrogens is 276 g/mol. The van der Waals surface area contributed by atoms with Crippen LogP contribution < -0.4 is 10.6 Å². The highest BCUT2D eigenvalue weighted by Crippen LogP contribution is 2.01. The van der Waals surface area contributed by atoms with Crippen molar-refractivity contribution in [1.82, 2.24) is 10.6 Å². The highest BCUT2D eigenvalue weighted by Gasteiger charge is 2.22. The lowest BCUT2D eigenvalue weighted by molar-refractivity contribution is -0.145. The van der Waals surface area contributed by atoms with E-state index in [0.717, 1.165) is 12.0 Å². The van der Waals surface area contributed by atoms with E-state index in [1.54, 1.807) is 0 Å². The summed E-state index contributed by atoms with van der Waals surface area (Å²) in [5.41, 5.74) is 1.15. The quantitative estimate of drug-likeness (QED) is 0.530. The van der Waals surface area contributed by atoms with E-state index >= 15 is 0 Å². The van der Waals surface area contributed by atoms with Crippen molar-refractivity contribution in [3.8, 4) is 0 Å². The lowest BCUT2D eigenvalue weighted by Crippen LogP contribution is -2.47. The molecule has 0 aliphatic carbocycles. The summed E-state index contributed by atoms with van der Waals surface area (Å²) < 4.78 is 0. The van der Waals surface area contributed by atoms with Crippen LogP contribution in [0.5, 0.6) is 0 Å². The smallest absolute Gasteiger partial charge is 0.326 e. The van der Waals surface area contributed by atoms with E-state index in [9.17, 15) is 14.4 Å². The van der Waals surface area contributed by atoms with E-state index in [0.29, 0.717) is 13.0 Å². The van der Waals surface area contributed by atoms with E-state index in [2.05, 4.69) is 10.6 Å². The SMILES string of the molecule is O=C(O)CC(NC(=O)NCCCc1ccccc1)C(=O)O. The molecule has 0 spiro atoms. The van der Waals surface area contributed by atoms with E-state index in [1.165, 1.54) is 0 Å². The molecule has 7 heteroatoms. The molecule has 0 bridgehead atoms. The van der Waals surface area contributed by atoms with Crippen LogP contribution in [0.1, 0.15) is 18.4 Å². The van der Waals surface area contributed by atoms with Gasteiger partial charge in [-0.05, 0) is 18.4 Å². The molecule has 1 aromatic carbocycles.